The first-order valence-electron chi connectivity index (χ1n) is 8.30. The van der Waals surface area contributed by atoms with Gasteiger partial charge in [-0.15, -0.1) is 0 Å². The van der Waals surface area contributed by atoms with Gasteiger partial charge in [0.15, 0.2) is 5.96 Å². The third-order valence-electron chi connectivity index (χ3n) is 4.58. The molecule has 0 amide bonds. The van der Waals surface area contributed by atoms with E-state index >= 15 is 0 Å². The summed E-state index contributed by atoms with van der Waals surface area (Å²) in [6, 6.07) is 10.9. The maximum absolute atomic E-state index is 5.07. The van der Waals surface area contributed by atoms with E-state index in [1.54, 1.807) is 7.11 Å². The summed E-state index contributed by atoms with van der Waals surface area (Å²) in [4.78, 5) is 4.33. The highest BCUT2D eigenvalue weighted by atomic mass is 16.5. The Morgan fingerprint density at radius 3 is 2.55 bits per heavy atom. The maximum Gasteiger partial charge on any atom is 0.191 e. The van der Waals surface area contributed by atoms with E-state index in [0.717, 1.165) is 32.1 Å². The molecule has 1 fully saturated rings. The lowest BCUT2D eigenvalue weighted by Gasteiger charge is -2.30. The van der Waals surface area contributed by atoms with Gasteiger partial charge in [0.2, 0.25) is 0 Å². The monoisotopic (exact) mass is 303 g/mol. The fourth-order valence-corrected chi connectivity index (χ4v) is 3.31. The quantitative estimate of drug-likeness (QED) is 0.462. The van der Waals surface area contributed by atoms with Crippen LogP contribution in [0.15, 0.2) is 35.3 Å². The molecular weight excluding hydrogens is 274 g/mol. The Labute approximate surface area is 134 Å². The molecule has 1 aliphatic carbocycles. The van der Waals surface area contributed by atoms with E-state index in [2.05, 4.69) is 46.0 Å². The first-order valence-corrected chi connectivity index (χ1v) is 8.30. The summed E-state index contributed by atoms with van der Waals surface area (Å²) < 4.78 is 5.07. The van der Waals surface area contributed by atoms with Crippen LogP contribution in [0.3, 0.4) is 0 Å². The topological polar surface area (TPSA) is 45.7 Å². The SMILES string of the molecule is CN=C(NCCCOC)NCC1(c2ccccc2)CCCC1. The van der Waals surface area contributed by atoms with Crippen LogP contribution in [0.5, 0.6) is 0 Å². The van der Waals surface area contributed by atoms with Gasteiger partial charge in [-0.3, -0.25) is 4.99 Å². The Morgan fingerprint density at radius 2 is 1.91 bits per heavy atom. The predicted molar refractivity (Wildman–Crippen MR) is 92.4 cm³/mol. The van der Waals surface area contributed by atoms with Crippen molar-refractivity contribution in [1.82, 2.24) is 10.6 Å². The molecule has 0 aromatic heterocycles. The summed E-state index contributed by atoms with van der Waals surface area (Å²) in [7, 11) is 3.56. The molecule has 4 heteroatoms. The number of hydrogen-bond donors (Lipinski definition) is 2. The van der Waals surface area contributed by atoms with Crippen molar-refractivity contribution in [3.8, 4) is 0 Å². The van der Waals surface area contributed by atoms with E-state index in [4.69, 9.17) is 4.74 Å². The molecule has 0 atom stereocenters. The molecule has 1 saturated carbocycles. The van der Waals surface area contributed by atoms with Crippen LogP contribution in [0, 0.1) is 0 Å². The van der Waals surface area contributed by atoms with Crippen LogP contribution in [-0.2, 0) is 10.2 Å². The summed E-state index contributed by atoms with van der Waals surface area (Å²) in [5.74, 6) is 0.887. The second-order valence-corrected chi connectivity index (χ2v) is 6.05. The van der Waals surface area contributed by atoms with Crippen LogP contribution in [0.1, 0.15) is 37.7 Å². The fourth-order valence-electron chi connectivity index (χ4n) is 3.31. The van der Waals surface area contributed by atoms with Crippen molar-refractivity contribution in [3.05, 3.63) is 35.9 Å². The van der Waals surface area contributed by atoms with Crippen molar-refractivity contribution in [2.45, 2.75) is 37.5 Å². The number of nitrogens with zero attached hydrogens (tertiary/aromatic N) is 1. The third-order valence-corrected chi connectivity index (χ3v) is 4.58. The summed E-state index contributed by atoms with van der Waals surface area (Å²) >= 11 is 0. The Hall–Kier alpha value is -1.55. The van der Waals surface area contributed by atoms with Crippen molar-refractivity contribution in [2.24, 2.45) is 4.99 Å². The highest BCUT2D eigenvalue weighted by molar-refractivity contribution is 5.79. The van der Waals surface area contributed by atoms with Gasteiger partial charge in [0.1, 0.15) is 0 Å². The van der Waals surface area contributed by atoms with Crippen LogP contribution >= 0.6 is 0 Å². The number of guanidine groups is 1. The highest BCUT2D eigenvalue weighted by Gasteiger charge is 2.35. The zero-order valence-electron chi connectivity index (χ0n) is 13.9. The minimum atomic E-state index is 0.255. The smallest absolute Gasteiger partial charge is 0.191 e. The number of aliphatic imine (C=N–C) groups is 1. The second kappa shape index (κ2) is 8.79. The molecule has 1 aromatic carbocycles. The normalized spacial score (nSPS) is 17.5. The molecule has 0 heterocycles. The standard InChI is InChI=1S/C18H29N3O/c1-19-17(20-13-8-14-22-2)21-15-18(11-6-7-12-18)16-9-4-3-5-10-16/h3-5,9-10H,6-8,11-15H2,1-2H3,(H2,19,20,21). The van der Waals surface area contributed by atoms with E-state index < -0.39 is 0 Å². The van der Waals surface area contributed by atoms with Gasteiger partial charge in [0.05, 0.1) is 0 Å². The van der Waals surface area contributed by atoms with E-state index in [1.165, 1.54) is 31.2 Å². The zero-order valence-corrected chi connectivity index (χ0v) is 13.9. The van der Waals surface area contributed by atoms with Gasteiger partial charge < -0.3 is 15.4 Å². The number of nitrogens with one attached hydrogen (secondary N) is 2. The van der Waals surface area contributed by atoms with E-state index in [0.29, 0.717) is 0 Å². The van der Waals surface area contributed by atoms with Crippen LogP contribution in [0.25, 0.3) is 0 Å². The number of benzene rings is 1. The highest BCUT2D eigenvalue weighted by Crippen LogP contribution is 2.40. The molecule has 122 valence electrons. The average Bonchev–Trinajstić information content (AvgIpc) is 3.05. The average molecular weight is 303 g/mol. The van der Waals surface area contributed by atoms with Gasteiger partial charge in [0.25, 0.3) is 0 Å². The second-order valence-electron chi connectivity index (χ2n) is 6.05. The Balaban J connectivity index is 1.91. The molecule has 0 aliphatic heterocycles. The molecule has 0 spiro atoms. The molecule has 4 nitrogen and oxygen atoms in total. The molecule has 2 N–H and O–H groups in total. The van der Waals surface area contributed by atoms with Crippen LogP contribution in [-0.4, -0.2) is 39.8 Å². The number of methoxy groups -OCH3 is 1. The minimum Gasteiger partial charge on any atom is -0.385 e. The molecular formula is C18H29N3O. The van der Waals surface area contributed by atoms with Gasteiger partial charge >= 0.3 is 0 Å². The number of hydrogen-bond acceptors (Lipinski definition) is 2. The zero-order chi connectivity index (χ0) is 15.7. The third kappa shape index (κ3) is 4.47. The van der Waals surface area contributed by atoms with Crippen LogP contribution in [0.2, 0.25) is 0 Å². The van der Waals surface area contributed by atoms with E-state index in [9.17, 15) is 0 Å². The maximum atomic E-state index is 5.07. The van der Waals surface area contributed by atoms with Crippen molar-refractivity contribution < 1.29 is 4.74 Å². The molecule has 0 unspecified atom stereocenters. The molecule has 1 aromatic rings. The van der Waals surface area contributed by atoms with Gasteiger partial charge in [-0.2, -0.15) is 0 Å². The summed E-state index contributed by atoms with van der Waals surface area (Å²) in [6.45, 7) is 2.60. The molecule has 2 rings (SSSR count). The van der Waals surface area contributed by atoms with Gasteiger partial charge in [-0.05, 0) is 24.8 Å². The minimum absolute atomic E-state index is 0.255. The molecule has 0 saturated heterocycles. The Kier molecular flexibility index (Phi) is 6.72. The number of ether oxygens (including phenoxy) is 1. The molecule has 22 heavy (non-hydrogen) atoms. The van der Waals surface area contributed by atoms with Crippen molar-refractivity contribution >= 4 is 5.96 Å². The van der Waals surface area contributed by atoms with E-state index in [-0.39, 0.29) is 5.41 Å². The first-order chi connectivity index (χ1) is 10.8. The van der Waals surface area contributed by atoms with Gasteiger partial charge in [-0.25, -0.2) is 0 Å². The summed E-state index contributed by atoms with van der Waals surface area (Å²) in [6.07, 6.45) is 6.13. The molecule has 1 aliphatic rings. The van der Waals surface area contributed by atoms with Crippen molar-refractivity contribution in [3.63, 3.8) is 0 Å². The predicted octanol–water partition coefficient (Wildman–Crippen LogP) is 2.70. The first kappa shape index (κ1) is 16.8. The lowest BCUT2D eigenvalue weighted by atomic mass is 9.79. The van der Waals surface area contributed by atoms with Gasteiger partial charge in [0, 0.05) is 39.3 Å². The van der Waals surface area contributed by atoms with E-state index in [1.807, 2.05) is 7.05 Å². The van der Waals surface area contributed by atoms with Crippen molar-refractivity contribution in [2.75, 3.05) is 33.9 Å². The fraction of sp³-hybridized carbons (Fsp3) is 0.611. The van der Waals surface area contributed by atoms with Gasteiger partial charge in [-0.1, -0.05) is 43.2 Å². The Morgan fingerprint density at radius 1 is 1.18 bits per heavy atom. The lowest BCUT2D eigenvalue weighted by Crippen LogP contribution is -2.45. The lowest BCUT2D eigenvalue weighted by molar-refractivity contribution is 0.195. The summed E-state index contributed by atoms with van der Waals surface area (Å²) in [5, 5.41) is 6.88. The van der Waals surface area contributed by atoms with Crippen LogP contribution < -0.4 is 10.6 Å². The molecule has 0 radical (unpaired) electrons. The Bertz CT molecular complexity index is 453. The van der Waals surface area contributed by atoms with Crippen LogP contribution in [0.4, 0.5) is 0 Å². The summed E-state index contributed by atoms with van der Waals surface area (Å²) in [5.41, 5.74) is 1.71. The number of rotatable bonds is 7. The van der Waals surface area contributed by atoms with Crippen molar-refractivity contribution in [1.29, 1.82) is 0 Å². The molecule has 0 bridgehead atoms. The largest absolute Gasteiger partial charge is 0.385 e.